The van der Waals surface area contributed by atoms with Crippen LogP contribution >= 0.6 is 0 Å². The Morgan fingerprint density at radius 3 is 1.88 bits per heavy atom. The van der Waals surface area contributed by atoms with Crippen LogP contribution in [0.2, 0.25) is 0 Å². The normalized spacial score (nSPS) is 52.4. The zero-order valence-electron chi connectivity index (χ0n) is 12.6. The fourth-order valence-corrected chi connectivity index (χ4v) is 4.82. The van der Waals surface area contributed by atoms with Crippen LogP contribution in [-0.4, -0.2) is 0 Å². The van der Waals surface area contributed by atoms with E-state index >= 15 is 0 Å². The fourth-order valence-electron chi connectivity index (χ4n) is 4.82. The highest BCUT2D eigenvalue weighted by Crippen LogP contribution is 2.48. The van der Waals surface area contributed by atoms with Gasteiger partial charge in [0.25, 0.3) is 0 Å². The second kappa shape index (κ2) is 5.33. The smallest absolute Gasteiger partial charge is 0.0355 e. The van der Waals surface area contributed by atoms with E-state index < -0.39 is 0 Å². The third-order valence-electron chi connectivity index (χ3n) is 6.41. The molecule has 0 heteroatoms. The topological polar surface area (TPSA) is 0 Å². The summed E-state index contributed by atoms with van der Waals surface area (Å²) >= 11 is 0. The molecule has 2 saturated carbocycles. The van der Waals surface area contributed by atoms with E-state index in [1.807, 2.05) is 0 Å². The Morgan fingerprint density at radius 2 is 1.24 bits per heavy atom. The SMILES string of the molecule is CC1CCC(C2CCC(C)C(C)C2C)C(C)C1. The van der Waals surface area contributed by atoms with E-state index in [9.17, 15) is 0 Å². The summed E-state index contributed by atoms with van der Waals surface area (Å²) in [6.07, 6.45) is 7.48. The van der Waals surface area contributed by atoms with E-state index in [1.165, 1.54) is 32.1 Å². The number of rotatable bonds is 1. The summed E-state index contributed by atoms with van der Waals surface area (Å²) in [6, 6.07) is 0. The van der Waals surface area contributed by atoms with Gasteiger partial charge < -0.3 is 0 Å². The third kappa shape index (κ3) is 2.71. The molecule has 0 amide bonds. The highest BCUT2D eigenvalue weighted by molar-refractivity contribution is 4.89. The lowest BCUT2D eigenvalue weighted by Crippen LogP contribution is -2.38. The molecule has 2 fully saturated rings. The van der Waals surface area contributed by atoms with Crippen molar-refractivity contribution in [3.63, 3.8) is 0 Å². The van der Waals surface area contributed by atoms with Crippen LogP contribution in [0.4, 0.5) is 0 Å². The molecule has 0 aromatic carbocycles. The Bertz CT molecular complexity index is 244. The van der Waals surface area contributed by atoms with Crippen LogP contribution < -0.4 is 0 Å². The summed E-state index contributed by atoms with van der Waals surface area (Å²) in [5.74, 6) is 6.89. The molecule has 0 heterocycles. The van der Waals surface area contributed by atoms with Crippen molar-refractivity contribution < 1.29 is 0 Å². The molecule has 0 saturated heterocycles. The Hall–Kier alpha value is 0. The van der Waals surface area contributed by atoms with Crippen LogP contribution in [0.1, 0.15) is 66.7 Å². The van der Waals surface area contributed by atoms with Crippen LogP contribution in [0.3, 0.4) is 0 Å². The third-order valence-corrected chi connectivity index (χ3v) is 6.41. The lowest BCUT2D eigenvalue weighted by molar-refractivity contribution is 0.0325. The van der Waals surface area contributed by atoms with Gasteiger partial charge >= 0.3 is 0 Å². The van der Waals surface area contributed by atoms with Gasteiger partial charge in [-0.3, -0.25) is 0 Å². The zero-order valence-corrected chi connectivity index (χ0v) is 12.6. The molecular weight excluding hydrogens is 204 g/mol. The summed E-state index contributed by atoms with van der Waals surface area (Å²) in [4.78, 5) is 0. The maximum Gasteiger partial charge on any atom is -0.0355 e. The summed E-state index contributed by atoms with van der Waals surface area (Å²) in [7, 11) is 0. The average Bonchev–Trinajstić information content (AvgIpc) is 2.28. The van der Waals surface area contributed by atoms with Gasteiger partial charge in [-0.25, -0.2) is 0 Å². The number of hydrogen-bond acceptors (Lipinski definition) is 0. The molecule has 0 bridgehead atoms. The van der Waals surface area contributed by atoms with Crippen molar-refractivity contribution in [3.05, 3.63) is 0 Å². The largest absolute Gasteiger partial charge is 0.0625 e. The van der Waals surface area contributed by atoms with Crippen molar-refractivity contribution in [2.24, 2.45) is 41.4 Å². The summed E-state index contributed by atoms with van der Waals surface area (Å²) in [5.41, 5.74) is 0. The van der Waals surface area contributed by atoms with E-state index in [4.69, 9.17) is 0 Å². The Morgan fingerprint density at radius 1 is 0.588 bits per heavy atom. The quantitative estimate of drug-likeness (QED) is 0.573. The molecule has 2 aliphatic carbocycles. The van der Waals surface area contributed by atoms with Crippen molar-refractivity contribution in [1.82, 2.24) is 0 Å². The molecule has 0 aromatic heterocycles. The number of hydrogen-bond donors (Lipinski definition) is 0. The minimum Gasteiger partial charge on any atom is -0.0625 e. The molecule has 0 aliphatic heterocycles. The maximum absolute atomic E-state index is 2.54. The lowest BCUT2D eigenvalue weighted by atomic mass is 9.59. The van der Waals surface area contributed by atoms with Crippen molar-refractivity contribution in [2.75, 3.05) is 0 Å². The van der Waals surface area contributed by atoms with Gasteiger partial charge in [0.1, 0.15) is 0 Å². The van der Waals surface area contributed by atoms with Gasteiger partial charge in [-0.15, -0.1) is 0 Å². The van der Waals surface area contributed by atoms with Crippen LogP contribution in [0.5, 0.6) is 0 Å². The van der Waals surface area contributed by atoms with Gasteiger partial charge in [0.2, 0.25) is 0 Å². The average molecular weight is 236 g/mol. The molecule has 100 valence electrons. The molecule has 2 aliphatic rings. The zero-order chi connectivity index (χ0) is 12.6. The van der Waals surface area contributed by atoms with Gasteiger partial charge in [-0.1, -0.05) is 47.5 Å². The van der Waals surface area contributed by atoms with Gasteiger partial charge in [0.05, 0.1) is 0 Å². The van der Waals surface area contributed by atoms with Crippen molar-refractivity contribution >= 4 is 0 Å². The second-order valence-electron chi connectivity index (χ2n) is 7.50. The van der Waals surface area contributed by atoms with E-state index in [-0.39, 0.29) is 0 Å². The second-order valence-corrected chi connectivity index (χ2v) is 7.50. The maximum atomic E-state index is 2.54. The van der Waals surface area contributed by atoms with Crippen molar-refractivity contribution in [3.8, 4) is 0 Å². The minimum absolute atomic E-state index is 0.945. The summed E-state index contributed by atoms with van der Waals surface area (Å²) in [6.45, 7) is 12.5. The van der Waals surface area contributed by atoms with Crippen molar-refractivity contribution in [1.29, 1.82) is 0 Å². The monoisotopic (exact) mass is 236 g/mol. The standard InChI is InChI=1S/C17H32/c1-11-6-8-16(13(3)10-11)17-9-7-12(2)14(4)15(17)5/h11-17H,6-10H2,1-5H3. The molecule has 0 nitrogen and oxygen atoms in total. The minimum atomic E-state index is 0.945. The Labute approximate surface area is 109 Å². The van der Waals surface area contributed by atoms with Crippen LogP contribution in [0.15, 0.2) is 0 Å². The first-order valence-electron chi connectivity index (χ1n) is 8.00. The molecule has 2 rings (SSSR count). The van der Waals surface area contributed by atoms with Gasteiger partial charge in [-0.2, -0.15) is 0 Å². The highest BCUT2D eigenvalue weighted by atomic mass is 14.4. The lowest BCUT2D eigenvalue weighted by Gasteiger charge is -2.46. The van der Waals surface area contributed by atoms with Gasteiger partial charge in [0.15, 0.2) is 0 Å². The molecule has 0 radical (unpaired) electrons. The predicted octanol–water partition coefficient (Wildman–Crippen LogP) is 5.38. The Balaban J connectivity index is 2.02. The molecular formula is C17H32. The Kier molecular flexibility index (Phi) is 4.21. The van der Waals surface area contributed by atoms with Crippen LogP contribution in [0.25, 0.3) is 0 Å². The molecule has 17 heavy (non-hydrogen) atoms. The predicted molar refractivity (Wildman–Crippen MR) is 75.9 cm³/mol. The fraction of sp³-hybridized carbons (Fsp3) is 1.00. The van der Waals surface area contributed by atoms with E-state index in [1.54, 1.807) is 0 Å². The van der Waals surface area contributed by atoms with E-state index in [0.29, 0.717) is 0 Å². The van der Waals surface area contributed by atoms with Crippen LogP contribution in [0, 0.1) is 41.4 Å². The van der Waals surface area contributed by atoms with Crippen LogP contribution in [-0.2, 0) is 0 Å². The highest BCUT2D eigenvalue weighted by Gasteiger charge is 2.39. The molecule has 0 spiro atoms. The summed E-state index contributed by atoms with van der Waals surface area (Å²) < 4.78 is 0. The first-order valence-corrected chi connectivity index (χ1v) is 8.00. The first kappa shape index (κ1) is 13.4. The molecule has 0 N–H and O–H groups in total. The van der Waals surface area contributed by atoms with Gasteiger partial charge in [-0.05, 0) is 60.7 Å². The molecule has 7 unspecified atom stereocenters. The molecule has 0 aromatic rings. The molecule has 7 atom stereocenters. The van der Waals surface area contributed by atoms with E-state index in [0.717, 1.165) is 41.4 Å². The van der Waals surface area contributed by atoms with E-state index in [2.05, 4.69) is 34.6 Å². The first-order chi connectivity index (χ1) is 8.00. The summed E-state index contributed by atoms with van der Waals surface area (Å²) in [5, 5.41) is 0. The van der Waals surface area contributed by atoms with Gasteiger partial charge in [0, 0.05) is 0 Å². The van der Waals surface area contributed by atoms with Crippen molar-refractivity contribution in [2.45, 2.75) is 66.7 Å².